The standard InChI is InChI=1S/C7H16.NO3/c1-4-7(5-2)6-3;2-1(3)4/h7H,4-6H2,1-3H3;/q;-1. The second kappa shape index (κ2) is 9.20. The maximum atomic E-state index is 8.25. The molecule has 0 saturated carbocycles. The van der Waals surface area contributed by atoms with Crippen LogP contribution in [0.15, 0.2) is 0 Å². The molecule has 0 aliphatic heterocycles. The van der Waals surface area contributed by atoms with Crippen LogP contribution in [0, 0.1) is 21.2 Å². The quantitative estimate of drug-likeness (QED) is 0.473. The largest absolute Gasteiger partial charge is 0.356 e. The molecule has 0 aliphatic rings. The summed E-state index contributed by atoms with van der Waals surface area (Å²) in [6, 6.07) is 0. The normalized spacial score (nSPS) is 8.73. The van der Waals surface area contributed by atoms with Crippen molar-refractivity contribution in [1.82, 2.24) is 0 Å². The van der Waals surface area contributed by atoms with Crippen molar-refractivity contribution in [3.63, 3.8) is 0 Å². The molecule has 0 saturated heterocycles. The van der Waals surface area contributed by atoms with Gasteiger partial charge in [-0.1, -0.05) is 40.0 Å². The number of nitrogens with zero attached hydrogens (tertiary/aromatic N) is 1. The molecule has 0 bridgehead atoms. The van der Waals surface area contributed by atoms with Gasteiger partial charge in [0.2, 0.25) is 0 Å². The van der Waals surface area contributed by atoms with E-state index in [4.69, 9.17) is 15.3 Å². The van der Waals surface area contributed by atoms with Crippen molar-refractivity contribution < 1.29 is 5.09 Å². The van der Waals surface area contributed by atoms with E-state index < -0.39 is 5.09 Å². The summed E-state index contributed by atoms with van der Waals surface area (Å²) >= 11 is 0. The molecule has 0 aromatic carbocycles. The van der Waals surface area contributed by atoms with Crippen LogP contribution in [0.25, 0.3) is 0 Å². The van der Waals surface area contributed by atoms with Gasteiger partial charge in [-0.3, -0.25) is 0 Å². The van der Waals surface area contributed by atoms with E-state index in [0.29, 0.717) is 0 Å². The Balaban J connectivity index is 0. The van der Waals surface area contributed by atoms with Crippen LogP contribution in [0.3, 0.4) is 0 Å². The number of hydrogen-bond acceptors (Lipinski definition) is 3. The molecule has 0 amide bonds. The van der Waals surface area contributed by atoms with Gasteiger partial charge in [-0.2, -0.15) is 0 Å². The highest BCUT2D eigenvalue weighted by molar-refractivity contribution is 4.48. The van der Waals surface area contributed by atoms with Crippen LogP contribution in [0.2, 0.25) is 0 Å². The molecule has 0 atom stereocenters. The van der Waals surface area contributed by atoms with Gasteiger partial charge in [-0.25, -0.2) is 0 Å². The number of hydrogen-bond donors (Lipinski definition) is 0. The SMILES string of the molecule is CCC(CC)CC.O=[N+]([O-])[O-]. The average molecular weight is 162 g/mol. The van der Waals surface area contributed by atoms with E-state index >= 15 is 0 Å². The van der Waals surface area contributed by atoms with Crippen LogP contribution in [-0.2, 0) is 0 Å². The third-order valence-corrected chi connectivity index (χ3v) is 1.73. The summed E-state index contributed by atoms with van der Waals surface area (Å²) in [6.07, 6.45) is 4.06. The zero-order valence-electron chi connectivity index (χ0n) is 7.37. The van der Waals surface area contributed by atoms with E-state index in [9.17, 15) is 0 Å². The first-order valence-electron chi connectivity index (χ1n) is 3.89. The Kier molecular flexibility index (Phi) is 10.7. The lowest BCUT2D eigenvalue weighted by Gasteiger charge is -2.05. The fourth-order valence-corrected chi connectivity index (χ4v) is 0.866. The summed E-state index contributed by atoms with van der Waals surface area (Å²) in [5.74, 6) is 0.986. The molecule has 0 unspecified atom stereocenters. The summed E-state index contributed by atoms with van der Waals surface area (Å²) in [5, 5.41) is 14.8. The monoisotopic (exact) mass is 162 g/mol. The third-order valence-electron chi connectivity index (χ3n) is 1.73. The molecule has 4 heteroatoms. The third kappa shape index (κ3) is 17.6. The Hall–Kier alpha value is -0.800. The molecule has 0 N–H and O–H groups in total. The molecule has 0 aliphatic carbocycles. The van der Waals surface area contributed by atoms with Gasteiger partial charge in [-0.05, 0) is 5.92 Å². The van der Waals surface area contributed by atoms with Crippen molar-refractivity contribution in [2.45, 2.75) is 40.0 Å². The Morgan fingerprint density at radius 1 is 1.09 bits per heavy atom. The van der Waals surface area contributed by atoms with Crippen molar-refractivity contribution in [2.75, 3.05) is 0 Å². The lowest BCUT2D eigenvalue weighted by molar-refractivity contribution is -0.402. The second-order valence-electron chi connectivity index (χ2n) is 2.31. The first kappa shape index (κ1) is 12.8. The molecule has 0 aromatic rings. The summed E-state index contributed by atoms with van der Waals surface area (Å²) in [5.41, 5.74) is 0. The lowest BCUT2D eigenvalue weighted by Crippen LogP contribution is -1.91. The smallest absolute Gasteiger partial charge is 0.0689 e. The van der Waals surface area contributed by atoms with Gasteiger partial charge in [-0.15, -0.1) is 0 Å². The minimum absolute atomic E-state index is 0.986. The zero-order valence-corrected chi connectivity index (χ0v) is 7.37. The van der Waals surface area contributed by atoms with Crippen molar-refractivity contribution in [1.29, 1.82) is 0 Å². The maximum absolute atomic E-state index is 8.25. The topological polar surface area (TPSA) is 66.2 Å². The van der Waals surface area contributed by atoms with E-state index in [2.05, 4.69) is 20.8 Å². The van der Waals surface area contributed by atoms with E-state index in [-0.39, 0.29) is 0 Å². The van der Waals surface area contributed by atoms with Crippen LogP contribution in [0.1, 0.15) is 40.0 Å². The molecule has 0 spiro atoms. The molecule has 4 nitrogen and oxygen atoms in total. The molecule has 68 valence electrons. The fourth-order valence-electron chi connectivity index (χ4n) is 0.866. The fraction of sp³-hybridized carbons (Fsp3) is 1.00. The highest BCUT2D eigenvalue weighted by atomic mass is 16.9. The van der Waals surface area contributed by atoms with Gasteiger partial charge >= 0.3 is 0 Å². The zero-order chi connectivity index (χ0) is 9.28. The van der Waals surface area contributed by atoms with E-state index in [1.54, 1.807) is 0 Å². The Labute approximate surface area is 67.3 Å². The van der Waals surface area contributed by atoms with Gasteiger partial charge in [0.15, 0.2) is 0 Å². The highest BCUT2D eigenvalue weighted by Gasteiger charge is 1.95. The summed E-state index contributed by atoms with van der Waals surface area (Å²) in [7, 11) is 0. The van der Waals surface area contributed by atoms with E-state index in [1.807, 2.05) is 0 Å². The molecule has 0 radical (unpaired) electrons. The van der Waals surface area contributed by atoms with Crippen LogP contribution >= 0.6 is 0 Å². The minimum Gasteiger partial charge on any atom is -0.356 e. The van der Waals surface area contributed by atoms with Crippen LogP contribution in [0.4, 0.5) is 0 Å². The summed E-state index contributed by atoms with van der Waals surface area (Å²) < 4.78 is 0. The minimum atomic E-state index is -1.75. The Morgan fingerprint density at radius 3 is 1.27 bits per heavy atom. The molecular formula is C7H16NO3-. The Morgan fingerprint density at radius 2 is 1.27 bits per heavy atom. The van der Waals surface area contributed by atoms with Gasteiger partial charge < -0.3 is 15.3 Å². The van der Waals surface area contributed by atoms with Crippen molar-refractivity contribution in [2.24, 2.45) is 5.92 Å². The van der Waals surface area contributed by atoms with Gasteiger partial charge in [0.1, 0.15) is 0 Å². The molecule has 0 fully saturated rings. The predicted octanol–water partition coefficient (Wildman–Crippen LogP) is 2.59. The summed E-state index contributed by atoms with van der Waals surface area (Å²) in [4.78, 5) is 8.25. The lowest BCUT2D eigenvalue weighted by atomic mass is 10.0. The van der Waals surface area contributed by atoms with Gasteiger partial charge in [0, 0.05) is 0 Å². The highest BCUT2D eigenvalue weighted by Crippen LogP contribution is 2.09. The van der Waals surface area contributed by atoms with E-state index in [1.165, 1.54) is 19.3 Å². The van der Waals surface area contributed by atoms with Crippen molar-refractivity contribution >= 4 is 0 Å². The van der Waals surface area contributed by atoms with Crippen LogP contribution in [-0.4, -0.2) is 5.09 Å². The second-order valence-corrected chi connectivity index (χ2v) is 2.31. The van der Waals surface area contributed by atoms with E-state index in [0.717, 1.165) is 5.92 Å². The first-order chi connectivity index (χ1) is 5.08. The summed E-state index contributed by atoms with van der Waals surface area (Å²) in [6.45, 7) is 6.78. The molecule has 0 aromatic heterocycles. The maximum Gasteiger partial charge on any atom is 0.0689 e. The van der Waals surface area contributed by atoms with Crippen molar-refractivity contribution in [3.05, 3.63) is 15.3 Å². The number of rotatable bonds is 3. The van der Waals surface area contributed by atoms with Crippen LogP contribution in [0.5, 0.6) is 0 Å². The molecule has 0 heterocycles. The molecule has 0 rings (SSSR count). The predicted molar refractivity (Wildman–Crippen MR) is 44.7 cm³/mol. The van der Waals surface area contributed by atoms with Crippen LogP contribution < -0.4 is 0 Å². The Bertz CT molecular complexity index is 82.2. The molecule has 11 heavy (non-hydrogen) atoms. The van der Waals surface area contributed by atoms with Gasteiger partial charge in [0.05, 0.1) is 5.09 Å². The van der Waals surface area contributed by atoms with Crippen molar-refractivity contribution in [3.8, 4) is 0 Å². The van der Waals surface area contributed by atoms with Gasteiger partial charge in [0.25, 0.3) is 0 Å². The average Bonchev–Trinajstić information content (AvgIpc) is 1.90. The first-order valence-corrected chi connectivity index (χ1v) is 3.89. The molecular weight excluding hydrogens is 146 g/mol.